The van der Waals surface area contributed by atoms with Crippen LogP contribution in [-0.2, 0) is 9.47 Å². The van der Waals surface area contributed by atoms with Gasteiger partial charge in [0.1, 0.15) is 12.2 Å². The predicted octanol–water partition coefficient (Wildman–Crippen LogP) is 8.12. The van der Waals surface area contributed by atoms with Gasteiger partial charge in [0.15, 0.2) is 0 Å². The van der Waals surface area contributed by atoms with Gasteiger partial charge in [0.2, 0.25) is 0 Å². The maximum Gasteiger partial charge on any atom is 0.338 e. The molecule has 9 atom stereocenters. The molecule has 0 heterocycles. The van der Waals surface area contributed by atoms with E-state index in [9.17, 15) is 9.59 Å². The third-order valence-electron chi connectivity index (χ3n) is 11.8. The summed E-state index contributed by atoms with van der Waals surface area (Å²) >= 11 is 0. The first-order chi connectivity index (χ1) is 18.8. The second-order valence-corrected chi connectivity index (χ2v) is 13.5. The predicted molar refractivity (Wildman–Crippen MR) is 152 cm³/mol. The van der Waals surface area contributed by atoms with E-state index >= 15 is 0 Å². The molecular formula is C35H44O4. The van der Waals surface area contributed by atoms with Crippen molar-refractivity contribution in [3.8, 4) is 0 Å². The topological polar surface area (TPSA) is 52.6 Å². The zero-order chi connectivity index (χ0) is 27.2. The summed E-state index contributed by atoms with van der Waals surface area (Å²) in [6.45, 7) is 7.19. The van der Waals surface area contributed by atoms with Crippen LogP contribution in [0.25, 0.3) is 0 Å². The molecule has 2 aromatic carbocycles. The van der Waals surface area contributed by atoms with E-state index in [1.54, 1.807) is 0 Å². The SMILES string of the molecule is C[C@H](OC(=O)c1ccccc1)[C@@H]1CC[C@@H]2[C@@H]3CC[C@H]4C[C@H](OC(=O)c5ccccc5)CC[C@]4(C)[C@H]3CC[C@@]21C. The van der Waals surface area contributed by atoms with Crippen LogP contribution in [0.2, 0.25) is 0 Å². The second-order valence-electron chi connectivity index (χ2n) is 13.5. The van der Waals surface area contributed by atoms with Crippen LogP contribution < -0.4 is 0 Å². The fourth-order valence-corrected chi connectivity index (χ4v) is 9.82. The van der Waals surface area contributed by atoms with Crippen LogP contribution in [0.3, 0.4) is 0 Å². The summed E-state index contributed by atoms with van der Waals surface area (Å²) in [5, 5.41) is 0. The fourth-order valence-electron chi connectivity index (χ4n) is 9.82. The van der Waals surface area contributed by atoms with Crippen LogP contribution in [0.4, 0.5) is 0 Å². The summed E-state index contributed by atoms with van der Waals surface area (Å²) in [5.74, 6) is 2.91. The zero-order valence-electron chi connectivity index (χ0n) is 23.8. The van der Waals surface area contributed by atoms with Gasteiger partial charge in [-0.2, -0.15) is 0 Å². The van der Waals surface area contributed by atoms with Gasteiger partial charge < -0.3 is 9.47 Å². The Balaban J connectivity index is 1.11. The Morgan fingerprint density at radius 3 is 2.05 bits per heavy atom. The van der Waals surface area contributed by atoms with E-state index in [0.29, 0.717) is 34.3 Å². The van der Waals surface area contributed by atoms with Crippen LogP contribution >= 0.6 is 0 Å². The first-order valence-corrected chi connectivity index (χ1v) is 15.3. The van der Waals surface area contributed by atoms with E-state index in [1.807, 2.05) is 60.7 Å². The lowest BCUT2D eigenvalue weighted by molar-refractivity contribution is -0.133. The van der Waals surface area contributed by atoms with E-state index in [2.05, 4.69) is 20.8 Å². The molecular weight excluding hydrogens is 484 g/mol. The molecule has 4 heteroatoms. The molecule has 0 spiro atoms. The molecule has 4 aliphatic carbocycles. The minimum Gasteiger partial charge on any atom is -0.459 e. The summed E-state index contributed by atoms with van der Waals surface area (Å²) in [7, 11) is 0. The Morgan fingerprint density at radius 1 is 0.744 bits per heavy atom. The Labute approximate surface area is 233 Å². The quantitative estimate of drug-likeness (QED) is 0.368. The van der Waals surface area contributed by atoms with E-state index < -0.39 is 0 Å². The van der Waals surface area contributed by atoms with Crippen molar-refractivity contribution < 1.29 is 19.1 Å². The number of benzene rings is 2. The minimum atomic E-state index is -0.193. The summed E-state index contributed by atoms with van der Waals surface area (Å²) in [6.07, 6.45) is 10.6. The zero-order valence-corrected chi connectivity index (χ0v) is 23.8. The Morgan fingerprint density at radius 2 is 1.36 bits per heavy atom. The van der Waals surface area contributed by atoms with E-state index in [4.69, 9.17) is 9.47 Å². The van der Waals surface area contributed by atoms with Crippen molar-refractivity contribution in [1.82, 2.24) is 0 Å². The average Bonchev–Trinajstić information content (AvgIpc) is 3.31. The molecule has 0 N–H and O–H groups in total. The number of carbonyl (C=O) groups excluding carboxylic acids is 2. The molecule has 208 valence electrons. The smallest absolute Gasteiger partial charge is 0.338 e. The van der Waals surface area contributed by atoms with Crippen molar-refractivity contribution in [1.29, 1.82) is 0 Å². The lowest BCUT2D eigenvalue weighted by Gasteiger charge is -2.61. The maximum atomic E-state index is 12.8. The molecule has 0 aromatic heterocycles. The molecule has 0 saturated heterocycles. The van der Waals surface area contributed by atoms with Gasteiger partial charge in [-0.25, -0.2) is 9.59 Å². The van der Waals surface area contributed by atoms with Gasteiger partial charge in [-0.15, -0.1) is 0 Å². The molecule has 4 saturated carbocycles. The number of esters is 2. The molecule has 4 nitrogen and oxygen atoms in total. The van der Waals surface area contributed by atoms with Crippen LogP contribution in [-0.4, -0.2) is 24.1 Å². The Kier molecular flexibility index (Phi) is 7.10. The van der Waals surface area contributed by atoms with Gasteiger partial charge >= 0.3 is 11.9 Å². The average molecular weight is 529 g/mol. The van der Waals surface area contributed by atoms with Gasteiger partial charge in [-0.05, 0) is 123 Å². The van der Waals surface area contributed by atoms with Crippen molar-refractivity contribution >= 4 is 11.9 Å². The van der Waals surface area contributed by atoms with E-state index in [-0.39, 0.29) is 29.6 Å². The van der Waals surface area contributed by atoms with Crippen molar-refractivity contribution in [2.24, 2.45) is 40.4 Å². The highest BCUT2D eigenvalue weighted by Crippen LogP contribution is 2.68. The molecule has 0 bridgehead atoms. The lowest BCUT2D eigenvalue weighted by atomic mass is 9.44. The molecule has 2 aromatic rings. The van der Waals surface area contributed by atoms with Gasteiger partial charge in [-0.1, -0.05) is 50.2 Å². The van der Waals surface area contributed by atoms with Gasteiger partial charge in [0.05, 0.1) is 11.1 Å². The van der Waals surface area contributed by atoms with Crippen molar-refractivity contribution in [3.05, 3.63) is 71.8 Å². The summed E-state index contributed by atoms with van der Waals surface area (Å²) in [4.78, 5) is 25.5. The number of hydrogen-bond acceptors (Lipinski definition) is 4. The minimum absolute atomic E-state index is 0.0391. The van der Waals surface area contributed by atoms with Crippen LogP contribution in [0, 0.1) is 40.4 Å². The highest BCUT2D eigenvalue weighted by Gasteiger charge is 2.61. The fraction of sp³-hybridized carbons (Fsp3) is 0.600. The summed E-state index contributed by atoms with van der Waals surface area (Å²) in [6, 6.07) is 18.8. The Bertz CT molecular complexity index is 1180. The van der Waals surface area contributed by atoms with E-state index in [0.717, 1.165) is 37.5 Å². The monoisotopic (exact) mass is 528 g/mol. The highest BCUT2D eigenvalue weighted by molar-refractivity contribution is 5.89. The summed E-state index contributed by atoms with van der Waals surface area (Å²) in [5.41, 5.74) is 1.87. The molecule has 39 heavy (non-hydrogen) atoms. The molecule has 4 fully saturated rings. The van der Waals surface area contributed by atoms with Crippen LogP contribution in [0.5, 0.6) is 0 Å². The molecule has 0 aliphatic heterocycles. The molecule has 0 radical (unpaired) electrons. The Hall–Kier alpha value is -2.62. The summed E-state index contributed by atoms with van der Waals surface area (Å²) < 4.78 is 12.1. The van der Waals surface area contributed by atoms with Crippen LogP contribution in [0.15, 0.2) is 60.7 Å². The number of hydrogen-bond donors (Lipinski definition) is 0. The normalized spacial score (nSPS) is 38.0. The van der Waals surface area contributed by atoms with Gasteiger partial charge in [0, 0.05) is 5.92 Å². The van der Waals surface area contributed by atoms with E-state index in [1.165, 1.54) is 32.1 Å². The van der Waals surface area contributed by atoms with Crippen molar-refractivity contribution in [2.75, 3.05) is 0 Å². The first kappa shape index (κ1) is 26.6. The first-order valence-electron chi connectivity index (χ1n) is 15.3. The second kappa shape index (κ2) is 10.4. The number of fused-ring (bicyclic) bond motifs is 5. The van der Waals surface area contributed by atoms with Crippen molar-refractivity contribution in [2.45, 2.75) is 90.8 Å². The number of rotatable bonds is 5. The highest BCUT2D eigenvalue weighted by atomic mass is 16.5. The molecule has 4 aliphatic rings. The van der Waals surface area contributed by atoms with Crippen molar-refractivity contribution in [3.63, 3.8) is 0 Å². The lowest BCUT2D eigenvalue weighted by Crippen LogP contribution is -2.54. The molecule has 0 unspecified atom stereocenters. The van der Waals surface area contributed by atoms with Gasteiger partial charge in [-0.3, -0.25) is 0 Å². The maximum absolute atomic E-state index is 12.8. The third-order valence-corrected chi connectivity index (χ3v) is 11.8. The molecule has 0 amide bonds. The van der Waals surface area contributed by atoms with Crippen LogP contribution in [0.1, 0.15) is 99.3 Å². The number of carbonyl (C=O) groups is 2. The third kappa shape index (κ3) is 4.72. The largest absolute Gasteiger partial charge is 0.459 e. The molecule has 6 rings (SSSR count). The van der Waals surface area contributed by atoms with Gasteiger partial charge in [0.25, 0.3) is 0 Å². The standard InChI is InChI=1S/C35H44O4/c1-23(38-32(36)24-10-6-4-7-11-24)29-16-17-30-28-15-14-26-22-27(39-33(37)25-12-8-5-9-13-25)18-20-34(26,2)31(28)19-21-35(29,30)3/h4-13,23,26-31H,14-22H2,1-3H3/t23-,26-,27+,28-,29-,30+,31-,34-,35+/m0/s1. The number of ether oxygens (including phenoxy) is 2.